The Morgan fingerprint density at radius 3 is 2.40 bits per heavy atom. The number of carbonyl (C=O) groups is 1. The van der Waals surface area contributed by atoms with Gasteiger partial charge in [0.25, 0.3) is 5.91 Å². The van der Waals surface area contributed by atoms with E-state index < -0.39 is 46.8 Å². The minimum atomic E-state index is -3.12. The molecule has 2 fully saturated rings. The van der Waals surface area contributed by atoms with Gasteiger partial charge in [-0.25, -0.2) is 8.42 Å². The first-order valence-electron chi connectivity index (χ1n) is 19.5. The van der Waals surface area contributed by atoms with E-state index in [9.17, 15) is 33.6 Å². The van der Waals surface area contributed by atoms with Crippen LogP contribution in [-0.2, 0) is 26.5 Å². The van der Waals surface area contributed by atoms with Crippen LogP contribution in [0.3, 0.4) is 0 Å². The van der Waals surface area contributed by atoms with E-state index in [1.807, 2.05) is 30.6 Å². The number of hydrogen-bond acceptors (Lipinski definition) is 10. The van der Waals surface area contributed by atoms with Gasteiger partial charge in [0.15, 0.2) is 6.10 Å². The average Bonchev–Trinajstić information content (AvgIpc) is 4.12. The number of aliphatic hydroxyl groups is 5. The standard InChI is InChI=1S/C42H57ClN2O9S/c1-28(9-8-23-45(22-6-3-7-24-55(2,52)53)41(51)40(50)39(49)38(48)36(47)27-46)29-12-15-35(43)30(25-29)16-18-42(19-20-42)34-26-44-21-17-32(34)33-10-4-5-11-37(33)54-31-13-14-31/h4-5,10-12,15,17,21,25-26,28,31,36,38-40,46-50H,3,6-9,13-14,16,18-20,22-24,27H2,1-2H3/t28?,36-,38+,39-,40-/m0/s1. The van der Waals surface area contributed by atoms with Crippen molar-refractivity contribution in [2.75, 3.05) is 31.7 Å². The van der Waals surface area contributed by atoms with Gasteiger partial charge >= 0.3 is 0 Å². The fourth-order valence-corrected chi connectivity index (χ4v) is 8.21. The first-order chi connectivity index (χ1) is 26.2. The number of aryl methyl sites for hydroxylation is 1. The smallest absolute Gasteiger partial charge is 0.254 e. The first-order valence-corrected chi connectivity index (χ1v) is 22.0. The predicted molar refractivity (Wildman–Crippen MR) is 213 cm³/mol. The Kier molecular flexibility index (Phi) is 15.2. The number of halogens is 1. The van der Waals surface area contributed by atoms with Crippen molar-refractivity contribution in [2.45, 2.75) is 119 Å². The summed E-state index contributed by atoms with van der Waals surface area (Å²) < 4.78 is 29.4. The Labute approximate surface area is 330 Å². The van der Waals surface area contributed by atoms with Crippen LogP contribution in [0.25, 0.3) is 11.1 Å². The maximum atomic E-state index is 13.3. The summed E-state index contributed by atoms with van der Waals surface area (Å²) in [6.45, 7) is 1.72. The number of hydrogen-bond donors (Lipinski definition) is 5. The molecule has 13 heteroatoms. The van der Waals surface area contributed by atoms with E-state index in [0.29, 0.717) is 38.2 Å². The second kappa shape index (κ2) is 19.4. The summed E-state index contributed by atoms with van der Waals surface area (Å²) in [5.41, 5.74) is 5.71. The van der Waals surface area contributed by atoms with E-state index in [4.69, 9.17) is 21.4 Å². The zero-order chi connectivity index (χ0) is 39.8. The van der Waals surface area contributed by atoms with E-state index in [1.54, 1.807) is 0 Å². The predicted octanol–water partition coefficient (Wildman–Crippen LogP) is 4.97. The van der Waals surface area contributed by atoms with Gasteiger partial charge in [0, 0.05) is 48.1 Å². The molecule has 5 atom stereocenters. The molecule has 2 aliphatic rings. The van der Waals surface area contributed by atoms with Crippen molar-refractivity contribution in [3.05, 3.63) is 82.6 Å². The molecule has 0 bridgehead atoms. The number of ether oxygens (including phenoxy) is 1. The molecule has 1 unspecified atom stereocenters. The highest BCUT2D eigenvalue weighted by atomic mass is 35.5. The van der Waals surface area contributed by atoms with Gasteiger partial charge in [-0.1, -0.05) is 55.3 Å². The van der Waals surface area contributed by atoms with E-state index in [1.165, 1.54) is 22.3 Å². The highest BCUT2D eigenvalue weighted by Crippen LogP contribution is 2.55. The molecule has 1 heterocycles. The van der Waals surface area contributed by atoms with Crippen LogP contribution < -0.4 is 4.74 Å². The maximum absolute atomic E-state index is 13.3. The van der Waals surface area contributed by atoms with Gasteiger partial charge in [-0.2, -0.15) is 0 Å². The third kappa shape index (κ3) is 12.0. The monoisotopic (exact) mass is 800 g/mol. The van der Waals surface area contributed by atoms with E-state index in [2.05, 4.69) is 42.2 Å². The molecule has 2 saturated carbocycles. The number of aromatic nitrogens is 1. The molecular formula is C42H57ClN2O9S. The Morgan fingerprint density at radius 1 is 0.982 bits per heavy atom. The fourth-order valence-electron chi connectivity index (χ4n) is 7.27. The Bertz CT molecular complexity index is 1830. The first kappa shape index (κ1) is 43.0. The lowest BCUT2D eigenvalue weighted by Crippen LogP contribution is -2.53. The molecule has 11 nitrogen and oxygen atoms in total. The number of amides is 1. The summed E-state index contributed by atoms with van der Waals surface area (Å²) in [5.74, 6) is 0.248. The fraction of sp³-hybridized carbons (Fsp3) is 0.571. The molecule has 0 radical (unpaired) electrons. The molecular weight excluding hydrogens is 744 g/mol. The van der Waals surface area contributed by atoms with Gasteiger partial charge in [0.05, 0.1) is 12.7 Å². The van der Waals surface area contributed by atoms with Crippen molar-refractivity contribution in [2.24, 2.45) is 0 Å². The summed E-state index contributed by atoms with van der Waals surface area (Å²) >= 11 is 6.78. The van der Waals surface area contributed by atoms with Crippen LogP contribution in [0, 0.1) is 0 Å². The van der Waals surface area contributed by atoms with Crippen LogP contribution >= 0.6 is 11.6 Å². The van der Waals surface area contributed by atoms with E-state index in [-0.39, 0.29) is 30.2 Å². The van der Waals surface area contributed by atoms with Gasteiger partial charge in [-0.15, -0.1) is 0 Å². The highest BCUT2D eigenvalue weighted by molar-refractivity contribution is 7.90. The van der Waals surface area contributed by atoms with Crippen LogP contribution in [0.1, 0.15) is 93.7 Å². The number of pyridine rings is 1. The topological polar surface area (TPSA) is 178 Å². The van der Waals surface area contributed by atoms with Gasteiger partial charge in [0.1, 0.15) is 33.9 Å². The van der Waals surface area contributed by atoms with Crippen molar-refractivity contribution < 1.29 is 43.5 Å². The van der Waals surface area contributed by atoms with Crippen LogP contribution in [0.4, 0.5) is 0 Å². The van der Waals surface area contributed by atoms with Crippen molar-refractivity contribution in [1.29, 1.82) is 0 Å². The molecule has 0 spiro atoms. The number of para-hydroxylation sites is 1. The van der Waals surface area contributed by atoms with Crippen LogP contribution in [0.5, 0.6) is 5.75 Å². The van der Waals surface area contributed by atoms with Crippen LogP contribution in [-0.4, -0.2) is 112 Å². The number of rotatable bonds is 23. The number of nitrogens with zero attached hydrogens (tertiary/aromatic N) is 2. The van der Waals surface area contributed by atoms with Gasteiger partial charge in [0.2, 0.25) is 0 Å². The summed E-state index contributed by atoms with van der Waals surface area (Å²) in [6, 6.07) is 16.5. The molecule has 0 saturated heterocycles. The van der Waals surface area contributed by atoms with Gasteiger partial charge in [-0.05, 0) is 116 Å². The molecule has 5 rings (SSSR count). The van der Waals surface area contributed by atoms with E-state index >= 15 is 0 Å². The summed E-state index contributed by atoms with van der Waals surface area (Å²) in [4.78, 5) is 19.3. The van der Waals surface area contributed by atoms with Crippen molar-refractivity contribution in [1.82, 2.24) is 9.88 Å². The SMILES string of the molecule is CC(CCCN(CCCCCS(C)(=O)=O)C(=O)[C@@H](O)[C@@H](O)[C@H](O)[C@@H](O)CO)c1ccc(Cl)c(CCC2(c3cnccc3-c3ccccc3OC3CC3)CC2)c1. The molecule has 5 N–H and O–H groups in total. The Balaban J connectivity index is 1.21. The molecule has 2 aromatic carbocycles. The molecule has 2 aliphatic carbocycles. The second-order valence-corrected chi connectivity index (χ2v) is 18.3. The zero-order valence-electron chi connectivity index (χ0n) is 31.9. The number of sulfone groups is 1. The minimum absolute atomic E-state index is 0.00635. The number of benzene rings is 2. The largest absolute Gasteiger partial charge is 0.490 e. The van der Waals surface area contributed by atoms with E-state index in [0.717, 1.165) is 66.0 Å². The molecule has 3 aromatic rings. The highest BCUT2D eigenvalue weighted by Gasteiger charge is 2.45. The van der Waals surface area contributed by atoms with Crippen LogP contribution in [0.15, 0.2) is 60.9 Å². The lowest BCUT2D eigenvalue weighted by atomic mass is 9.84. The number of aliphatic hydroxyl groups excluding tert-OH is 5. The molecule has 55 heavy (non-hydrogen) atoms. The zero-order valence-corrected chi connectivity index (χ0v) is 33.5. The van der Waals surface area contributed by atoms with Gasteiger partial charge in [-0.3, -0.25) is 9.78 Å². The summed E-state index contributed by atoms with van der Waals surface area (Å²) in [7, 11) is -3.12. The Hall–Kier alpha value is -3.10. The number of unbranched alkanes of at least 4 members (excludes halogenated alkanes) is 2. The quantitative estimate of drug-likeness (QED) is 0.0824. The summed E-state index contributed by atoms with van der Waals surface area (Å²) in [6.07, 6.45) is 6.41. The van der Waals surface area contributed by atoms with Crippen molar-refractivity contribution in [3.63, 3.8) is 0 Å². The molecule has 302 valence electrons. The summed E-state index contributed by atoms with van der Waals surface area (Å²) in [5, 5.41) is 50.7. The molecule has 0 aliphatic heterocycles. The molecule has 1 amide bonds. The third-order valence-corrected chi connectivity index (χ3v) is 12.5. The van der Waals surface area contributed by atoms with Crippen molar-refractivity contribution in [3.8, 4) is 16.9 Å². The molecule has 1 aromatic heterocycles. The van der Waals surface area contributed by atoms with Crippen molar-refractivity contribution >= 4 is 27.3 Å². The van der Waals surface area contributed by atoms with Crippen LogP contribution in [0.2, 0.25) is 5.02 Å². The normalized spacial score (nSPS) is 17.9. The Morgan fingerprint density at radius 2 is 1.71 bits per heavy atom. The van der Waals surface area contributed by atoms with Gasteiger partial charge < -0.3 is 35.2 Å². The number of carbonyl (C=O) groups excluding carboxylic acids is 1. The maximum Gasteiger partial charge on any atom is 0.254 e. The second-order valence-electron chi connectivity index (χ2n) is 15.6. The lowest BCUT2D eigenvalue weighted by Gasteiger charge is -2.30. The lowest BCUT2D eigenvalue weighted by molar-refractivity contribution is -0.158. The third-order valence-electron chi connectivity index (χ3n) is 11.1. The minimum Gasteiger partial charge on any atom is -0.490 e. The average molecular weight is 801 g/mol.